The Labute approximate surface area is 107 Å². The molecular weight excluding hydrogens is 226 g/mol. The third-order valence-electron chi connectivity index (χ3n) is 3.18. The topological polar surface area (TPSA) is 56.1 Å². The number of hydrogen-bond acceptors (Lipinski definition) is 3. The van der Waals surface area contributed by atoms with Gasteiger partial charge in [-0.15, -0.1) is 0 Å². The molecule has 1 aromatic rings. The average Bonchev–Trinajstić information content (AvgIpc) is 3.21. The lowest BCUT2D eigenvalue weighted by atomic mass is 10.2. The van der Waals surface area contributed by atoms with Crippen LogP contribution in [-0.2, 0) is 4.79 Å². The number of anilines is 1. The number of hydrogen-bond donors (Lipinski definition) is 1. The van der Waals surface area contributed by atoms with E-state index in [0.29, 0.717) is 23.7 Å². The van der Waals surface area contributed by atoms with Crippen LogP contribution >= 0.6 is 0 Å². The predicted molar refractivity (Wildman–Crippen MR) is 70.1 cm³/mol. The number of nitrogens with zero attached hydrogens (tertiary/aromatic N) is 2. The van der Waals surface area contributed by atoms with Gasteiger partial charge in [0, 0.05) is 19.0 Å². The van der Waals surface area contributed by atoms with Gasteiger partial charge in [-0.3, -0.25) is 4.79 Å². The molecule has 0 aliphatic heterocycles. The lowest BCUT2D eigenvalue weighted by Crippen LogP contribution is -2.26. The van der Waals surface area contributed by atoms with Gasteiger partial charge >= 0.3 is 0 Å². The number of para-hydroxylation sites is 1. The first kappa shape index (κ1) is 12.6. The van der Waals surface area contributed by atoms with Gasteiger partial charge in [-0.1, -0.05) is 12.1 Å². The van der Waals surface area contributed by atoms with E-state index in [0.717, 1.165) is 6.54 Å². The minimum absolute atomic E-state index is 0.0369. The molecule has 1 saturated carbocycles. The van der Waals surface area contributed by atoms with Gasteiger partial charge in [-0.05, 0) is 32.0 Å². The first-order chi connectivity index (χ1) is 8.70. The van der Waals surface area contributed by atoms with E-state index in [9.17, 15) is 4.79 Å². The summed E-state index contributed by atoms with van der Waals surface area (Å²) < 4.78 is 0. The Bertz CT molecular complexity index is 474. The third-order valence-corrected chi connectivity index (χ3v) is 3.18. The summed E-state index contributed by atoms with van der Waals surface area (Å²) in [6.45, 7) is 0.769. The van der Waals surface area contributed by atoms with Crippen molar-refractivity contribution in [2.45, 2.75) is 25.3 Å². The molecule has 0 heterocycles. The number of nitrogens with one attached hydrogen (secondary N) is 1. The van der Waals surface area contributed by atoms with E-state index in [1.54, 1.807) is 18.2 Å². The zero-order valence-corrected chi connectivity index (χ0v) is 10.5. The molecule has 0 atom stereocenters. The highest BCUT2D eigenvalue weighted by Gasteiger charge is 2.25. The van der Waals surface area contributed by atoms with Crippen LogP contribution in [-0.4, -0.2) is 30.4 Å². The second-order valence-corrected chi connectivity index (χ2v) is 4.67. The Kier molecular flexibility index (Phi) is 3.96. The number of benzene rings is 1. The van der Waals surface area contributed by atoms with Crippen molar-refractivity contribution in [1.29, 1.82) is 5.26 Å². The van der Waals surface area contributed by atoms with Crippen molar-refractivity contribution < 1.29 is 4.79 Å². The minimum Gasteiger partial charge on any atom is -0.325 e. The molecule has 0 saturated heterocycles. The Morgan fingerprint density at radius 2 is 2.22 bits per heavy atom. The first-order valence-corrected chi connectivity index (χ1v) is 6.20. The largest absolute Gasteiger partial charge is 0.325 e. The molecule has 1 aliphatic carbocycles. The van der Waals surface area contributed by atoms with E-state index in [1.807, 2.05) is 13.1 Å². The molecule has 0 unspecified atom stereocenters. The molecule has 1 amide bonds. The van der Waals surface area contributed by atoms with Crippen molar-refractivity contribution in [1.82, 2.24) is 4.90 Å². The normalized spacial score (nSPS) is 14.3. The molecule has 0 aromatic heterocycles. The summed E-state index contributed by atoms with van der Waals surface area (Å²) in [7, 11) is 2.05. The van der Waals surface area contributed by atoms with Crippen molar-refractivity contribution in [3.63, 3.8) is 0 Å². The highest BCUT2D eigenvalue weighted by Crippen LogP contribution is 2.25. The van der Waals surface area contributed by atoms with Gasteiger partial charge in [-0.2, -0.15) is 5.26 Å². The van der Waals surface area contributed by atoms with Gasteiger partial charge in [0.05, 0.1) is 11.3 Å². The van der Waals surface area contributed by atoms with Crippen LogP contribution in [0.25, 0.3) is 0 Å². The number of nitriles is 1. The molecule has 94 valence electrons. The van der Waals surface area contributed by atoms with Crippen molar-refractivity contribution in [2.24, 2.45) is 0 Å². The summed E-state index contributed by atoms with van der Waals surface area (Å²) >= 11 is 0. The molecule has 4 nitrogen and oxygen atoms in total. The molecule has 1 aromatic carbocycles. The smallest absolute Gasteiger partial charge is 0.225 e. The van der Waals surface area contributed by atoms with Crippen molar-refractivity contribution >= 4 is 11.6 Å². The molecule has 18 heavy (non-hydrogen) atoms. The van der Waals surface area contributed by atoms with Crippen LogP contribution in [0.15, 0.2) is 24.3 Å². The quantitative estimate of drug-likeness (QED) is 0.860. The van der Waals surface area contributed by atoms with E-state index in [1.165, 1.54) is 12.8 Å². The van der Waals surface area contributed by atoms with Crippen LogP contribution in [0.1, 0.15) is 24.8 Å². The van der Waals surface area contributed by atoms with Gasteiger partial charge in [0.25, 0.3) is 0 Å². The highest BCUT2D eigenvalue weighted by atomic mass is 16.1. The van der Waals surface area contributed by atoms with E-state index in [4.69, 9.17) is 5.26 Å². The minimum atomic E-state index is -0.0369. The second kappa shape index (κ2) is 5.65. The van der Waals surface area contributed by atoms with Gasteiger partial charge in [0.1, 0.15) is 6.07 Å². The van der Waals surface area contributed by atoms with Crippen LogP contribution in [0.5, 0.6) is 0 Å². The van der Waals surface area contributed by atoms with E-state index >= 15 is 0 Å². The maximum Gasteiger partial charge on any atom is 0.225 e. The van der Waals surface area contributed by atoms with Crippen LogP contribution in [0.3, 0.4) is 0 Å². The van der Waals surface area contributed by atoms with Gasteiger partial charge in [0.15, 0.2) is 0 Å². The fraction of sp³-hybridized carbons (Fsp3) is 0.429. The number of rotatable bonds is 5. The number of amides is 1. The van der Waals surface area contributed by atoms with E-state index in [2.05, 4.69) is 16.3 Å². The Morgan fingerprint density at radius 1 is 1.50 bits per heavy atom. The summed E-state index contributed by atoms with van der Waals surface area (Å²) in [5, 5.41) is 11.7. The summed E-state index contributed by atoms with van der Waals surface area (Å²) in [5.74, 6) is -0.0369. The van der Waals surface area contributed by atoms with Gasteiger partial charge < -0.3 is 10.2 Å². The monoisotopic (exact) mass is 243 g/mol. The van der Waals surface area contributed by atoms with Gasteiger partial charge in [0.2, 0.25) is 5.91 Å². The highest BCUT2D eigenvalue weighted by molar-refractivity contribution is 5.92. The van der Waals surface area contributed by atoms with Crippen molar-refractivity contribution in [3.8, 4) is 6.07 Å². The van der Waals surface area contributed by atoms with Crippen LogP contribution in [0.2, 0.25) is 0 Å². The number of carbonyl (C=O) groups is 1. The summed E-state index contributed by atoms with van der Waals surface area (Å²) in [5.41, 5.74) is 1.10. The van der Waals surface area contributed by atoms with Crippen LogP contribution in [0, 0.1) is 11.3 Å². The average molecular weight is 243 g/mol. The SMILES string of the molecule is CN(CCC(=O)Nc1ccccc1C#N)C1CC1. The van der Waals surface area contributed by atoms with Gasteiger partial charge in [-0.25, -0.2) is 0 Å². The zero-order chi connectivity index (χ0) is 13.0. The first-order valence-electron chi connectivity index (χ1n) is 6.20. The second-order valence-electron chi connectivity index (χ2n) is 4.67. The molecule has 1 fully saturated rings. The molecule has 2 rings (SSSR count). The maximum absolute atomic E-state index is 11.8. The lowest BCUT2D eigenvalue weighted by molar-refractivity contribution is -0.116. The molecule has 1 N–H and O–H groups in total. The van der Waals surface area contributed by atoms with Crippen LogP contribution < -0.4 is 5.32 Å². The molecule has 0 radical (unpaired) electrons. The predicted octanol–water partition coefficient (Wildman–Crippen LogP) is 1.98. The Morgan fingerprint density at radius 3 is 2.89 bits per heavy atom. The zero-order valence-electron chi connectivity index (χ0n) is 10.5. The summed E-state index contributed by atoms with van der Waals surface area (Å²) in [6, 6.07) is 9.79. The Balaban J connectivity index is 1.85. The summed E-state index contributed by atoms with van der Waals surface area (Å²) in [6.07, 6.45) is 2.96. The summed E-state index contributed by atoms with van der Waals surface area (Å²) in [4.78, 5) is 14.0. The van der Waals surface area contributed by atoms with E-state index < -0.39 is 0 Å². The number of carbonyl (C=O) groups excluding carboxylic acids is 1. The maximum atomic E-state index is 11.8. The van der Waals surface area contributed by atoms with Crippen molar-refractivity contribution in [3.05, 3.63) is 29.8 Å². The van der Waals surface area contributed by atoms with E-state index in [-0.39, 0.29) is 5.91 Å². The molecule has 4 heteroatoms. The molecule has 0 spiro atoms. The molecule has 1 aliphatic rings. The fourth-order valence-corrected chi connectivity index (χ4v) is 1.88. The third kappa shape index (κ3) is 3.31. The Hall–Kier alpha value is -1.86. The fourth-order valence-electron chi connectivity index (χ4n) is 1.88. The van der Waals surface area contributed by atoms with Crippen molar-refractivity contribution in [2.75, 3.05) is 18.9 Å². The van der Waals surface area contributed by atoms with Crippen LogP contribution in [0.4, 0.5) is 5.69 Å². The standard InChI is InChI=1S/C14H17N3O/c1-17(12-6-7-12)9-8-14(18)16-13-5-3-2-4-11(13)10-15/h2-5,12H,6-9H2,1H3,(H,16,18). The molecular formula is C14H17N3O. The molecule has 0 bridgehead atoms. The lowest BCUT2D eigenvalue weighted by Gasteiger charge is -2.15.